The molecule has 1 N–H and O–H groups in total. The minimum atomic E-state index is -0.467. The second-order valence-corrected chi connectivity index (χ2v) is 4.41. The van der Waals surface area contributed by atoms with Crippen molar-refractivity contribution < 1.29 is 9.53 Å². The molecule has 1 aliphatic carbocycles. The number of esters is 1. The Morgan fingerprint density at radius 2 is 2.25 bits per heavy atom. The normalized spacial score (nSPS) is 16.3. The first-order chi connectivity index (χ1) is 7.70. The summed E-state index contributed by atoms with van der Waals surface area (Å²) in [6, 6.07) is 1.84. The number of aromatic nitrogens is 2. The van der Waals surface area contributed by atoms with Gasteiger partial charge in [0.15, 0.2) is 0 Å². The molecule has 0 bridgehead atoms. The van der Waals surface area contributed by atoms with E-state index in [1.54, 1.807) is 0 Å². The molecule has 1 aliphatic rings. The Balaban J connectivity index is 2.35. The zero-order valence-corrected chi connectivity index (χ0v) is 9.97. The van der Waals surface area contributed by atoms with Gasteiger partial charge in [-0.15, -0.1) is 0 Å². The Hall–Kier alpha value is -1.23. The van der Waals surface area contributed by atoms with Crippen molar-refractivity contribution in [2.45, 2.75) is 31.6 Å². The molecule has 0 amide bonds. The molecule has 2 rings (SSSR count). The SMILES string of the molecule is COC(=O)c1nc(=S)cc(C2CCCC2)[nH]1. The standard InChI is InChI=1S/C11H14N2O2S/c1-15-11(14)10-12-8(6-9(16)13-10)7-4-2-3-5-7/h6-7H,2-5H2,1H3,(H,12,13,16). The second kappa shape index (κ2) is 4.74. The summed E-state index contributed by atoms with van der Waals surface area (Å²) >= 11 is 5.05. The van der Waals surface area contributed by atoms with Crippen LogP contribution in [0.15, 0.2) is 6.07 Å². The van der Waals surface area contributed by atoms with Crippen LogP contribution in [0.2, 0.25) is 0 Å². The van der Waals surface area contributed by atoms with E-state index in [1.807, 2.05) is 6.07 Å². The van der Waals surface area contributed by atoms with Crippen LogP contribution in [0.4, 0.5) is 0 Å². The van der Waals surface area contributed by atoms with E-state index in [2.05, 4.69) is 14.7 Å². The summed E-state index contributed by atoms with van der Waals surface area (Å²) in [5, 5.41) is 0. The van der Waals surface area contributed by atoms with Gasteiger partial charge in [-0.3, -0.25) is 0 Å². The highest BCUT2D eigenvalue weighted by Crippen LogP contribution is 2.32. The van der Waals surface area contributed by atoms with E-state index in [0.29, 0.717) is 10.6 Å². The summed E-state index contributed by atoms with van der Waals surface area (Å²) in [5.74, 6) is 0.218. The van der Waals surface area contributed by atoms with Crippen LogP contribution in [0.3, 0.4) is 0 Å². The number of rotatable bonds is 2. The van der Waals surface area contributed by atoms with Crippen LogP contribution < -0.4 is 0 Å². The van der Waals surface area contributed by atoms with Crippen molar-refractivity contribution in [2.24, 2.45) is 0 Å². The molecule has 1 aromatic rings. The van der Waals surface area contributed by atoms with Crippen LogP contribution in [0.5, 0.6) is 0 Å². The van der Waals surface area contributed by atoms with E-state index in [9.17, 15) is 4.79 Å². The maximum Gasteiger partial charge on any atom is 0.374 e. The topological polar surface area (TPSA) is 55.0 Å². The Morgan fingerprint density at radius 3 is 2.88 bits per heavy atom. The monoisotopic (exact) mass is 238 g/mol. The minimum Gasteiger partial charge on any atom is -0.463 e. The number of methoxy groups -OCH3 is 1. The van der Waals surface area contributed by atoms with Gasteiger partial charge in [0, 0.05) is 5.69 Å². The molecular formula is C11H14N2O2S. The lowest BCUT2D eigenvalue weighted by Gasteiger charge is -2.10. The van der Waals surface area contributed by atoms with E-state index >= 15 is 0 Å². The largest absolute Gasteiger partial charge is 0.463 e. The van der Waals surface area contributed by atoms with E-state index < -0.39 is 5.97 Å². The Kier molecular flexibility index (Phi) is 3.33. The molecule has 0 radical (unpaired) electrons. The molecule has 16 heavy (non-hydrogen) atoms. The van der Waals surface area contributed by atoms with Crippen LogP contribution in [-0.2, 0) is 4.74 Å². The molecule has 0 spiro atoms. The zero-order valence-electron chi connectivity index (χ0n) is 9.16. The maximum absolute atomic E-state index is 11.4. The van der Waals surface area contributed by atoms with Crippen molar-refractivity contribution in [3.63, 3.8) is 0 Å². The Labute approximate surface area is 99.1 Å². The van der Waals surface area contributed by atoms with Crippen LogP contribution in [0.25, 0.3) is 0 Å². The lowest BCUT2D eigenvalue weighted by Crippen LogP contribution is -2.10. The number of hydrogen-bond donors (Lipinski definition) is 1. The molecule has 0 saturated heterocycles. The molecular weight excluding hydrogens is 224 g/mol. The number of carbonyl (C=O) groups is 1. The van der Waals surface area contributed by atoms with Gasteiger partial charge < -0.3 is 9.72 Å². The summed E-state index contributed by atoms with van der Waals surface area (Å²) in [6.45, 7) is 0. The predicted octanol–water partition coefficient (Wildman–Crippen LogP) is 2.58. The highest BCUT2D eigenvalue weighted by atomic mass is 32.1. The average Bonchev–Trinajstić information content (AvgIpc) is 2.80. The number of hydrogen-bond acceptors (Lipinski definition) is 4. The third kappa shape index (κ3) is 2.29. The van der Waals surface area contributed by atoms with Crippen LogP contribution in [0, 0.1) is 4.64 Å². The highest BCUT2D eigenvalue weighted by molar-refractivity contribution is 7.71. The summed E-state index contributed by atoms with van der Waals surface area (Å²) in [6.07, 6.45) is 4.77. The van der Waals surface area contributed by atoms with Crippen molar-refractivity contribution in [3.8, 4) is 0 Å². The molecule has 0 aromatic carbocycles. The first-order valence-corrected chi connectivity index (χ1v) is 5.81. The number of aromatic amines is 1. The van der Waals surface area contributed by atoms with Gasteiger partial charge in [0.25, 0.3) is 0 Å². The number of nitrogens with one attached hydrogen (secondary N) is 1. The zero-order chi connectivity index (χ0) is 11.5. The second-order valence-electron chi connectivity index (χ2n) is 4.00. The molecule has 4 nitrogen and oxygen atoms in total. The van der Waals surface area contributed by atoms with Gasteiger partial charge in [0.1, 0.15) is 4.64 Å². The van der Waals surface area contributed by atoms with Gasteiger partial charge >= 0.3 is 5.97 Å². The summed E-state index contributed by atoms with van der Waals surface area (Å²) in [5.41, 5.74) is 1.01. The molecule has 0 aliphatic heterocycles. The number of carbonyl (C=O) groups excluding carboxylic acids is 1. The molecule has 1 heterocycles. The molecule has 1 fully saturated rings. The van der Waals surface area contributed by atoms with Crippen molar-refractivity contribution >= 4 is 18.2 Å². The lowest BCUT2D eigenvalue weighted by atomic mass is 10.0. The summed E-state index contributed by atoms with van der Waals surface area (Å²) in [4.78, 5) is 18.4. The third-order valence-corrected chi connectivity index (χ3v) is 3.15. The van der Waals surface area contributed by atoms with E-state index in [-0.39, 0.29) is 5.82 Å². The third-order valence-electron chi connectivity index (χ3n) is 2.94. The number of nitrogens with zero attached hydrogens (tertiary/aromatic N) is 1. The molecule has 0 atom stereocenters. The fourth-order valence-corrected chi connectivity index (χ4v) is 2.34. The van der Waals surface area contributed by atoms with Gasteiger partial charge in [-0.25, -0.2) is 9.78 Å². The average molecular weight is 238 g/mol. The highest BCUT2D eigenvalue weighted by Gasteiger charge is 2.19. The van der Waals surface area contributed by atoms with Gasteiger partial charge in [-0.05, 0) is 24.8 Å². The van der Waals surface area contributed by atoms with E-state index in [0.717, 1.165) is 18.5 Å². The summed E-state index contributed by atoms with van der Waals surface area (Å²) in [7, 11) is 1.34. The first-order valence-electron chi connectivity index (χ1n) is 5.40. The van der Waals surface area contributed by atoms with E-state index in [1.165, 1.54) is 20.0 Å². The quantitative estimate of drug-likeness (QED) is 0.635. The Morgan fingerprint density at radius 1 is 1.56 bits per heavy atom. The van der Waals surface area contributed by atoms with Crippen molar-refractivity contribution in [1.82, 2.24) is 9.97 Å². The molecule has 86 valence electrons. The van der Waals surface area contributed by atoms with Gasteiger partial charge in [0.2, 0.25) is 5.82 Å². The minimum absolute atomic E-state index is 0.205. The van der Waals surface area contributed by atoms with Crippen LogP contribution in [-0.4, -0.2) is 23.0 Å². The molecule has 1 aromatic heterocycles. The van der Waals surface area contributed by atoms with Crippen molar-refractivity contribution in [1.29, 1.82) is 0 Å². The van der Waals surface area contributed by atoms with Crippen LogP contribution in [0.1, 0.15) is 47.9 Å². The first kappa shape index (κ1) is 11.3. The molecule has 1 saturated carbocycles. The fourth-order valence-electron chi connectivity index (χ4n) is 2.13. The fraction of sp³-hybridized carbons (Fsp3) is 0.545. The van der Waals surface area contributed by atoms with Gasteiger partial charge in [-0.1, -0.05) is 25.1 Å². The Bertz CT molecular complexity index is 450. The lowest BCUT2D eigenvalue weighted by molar-refractivity contribution is 0.0586. The van der Waals surface area contributed by atoms with Crippen LogP contribution >= 0.6 is 12.2 Å². The molecule has 0 unspecified atom stereocenters. The predicted molar refractivity (Wildman–Crippen MR) is 62.0 cm³/mol. The maximum atomic E-state index is 11.4. The van der Waals surface area contributed by atoms with Crippen molar-refractivity contribution in [3.05, 3.63) is 22.2 Å². The smallest absolute Gasteiger partial charge is 0.374 e. The number of ether oxygens (including phenoxy) is 1. The number of H-pyrrole nitrogens is 1. The van der Waals surface area contributed by atoms with Gasteiger partial charge in [-0.2, -0.15) is 0 Å². The van der Waals surface area contributed by atoms with Gasteiger partial charge in [0.05, 0.1) is 7.11 Å². The van der Waals surface area contributed by atoms with E-state index in [4.69, 9.17) is 12.2 Å². The molecule has 5 heteroatoms. The summed E-state index contributed by atoms with van der Waals surface area (Å²) < 4.78 is 5.08. The van der Waals surface area contributed by atoms with Crippen molar-refractivity contribution in [2.75, 3.05) is 7.11 Å².